The second kappa shape index (κ2) is 39.8. The summed E-state index contributed by atoms with van der Waals surface area (Å²) in [6.45, 7) is 22.5. The summed E-state index contributed by atoms with van der Waals surface area (Å²) in [6, 6.07) is 98.4. The molecular formula is C95H94N24. The standard InChI is InChI=1S/3C24H24N6.C23H22N6/c1-16-12-14-19(15-13-16)25-22-28-23(26-20-10-6-4-8-17(20)2)30-24(29-22)27-21-11-7-5-9-18(21)3;1-16-7-11-19(12-8-16)25-22-28-23(26-20-13-9-17(2)10-14-20)30-24(29-22)27-21-6-4-5-18(3)15-21;1-16-8-12-19(13-9-16)25-22-28-23(26-20-14-10-17(2)11-15-20)30-24(29-22)27-21-7-5-4-6-18(21)3;1-16-10-6-8-14-19(16)25-22-27-21(24-18-12-4-3-5-13-18)28-23(29-22)26-20-15-9-7-11-17(20)2/h3*4-15H,1-3H3,(H3,25,26,27,28,29,30);3-15H,1-2H3,(H3,24,25,26,27,28,29). The highest BCUT2D eigenvalue weighted by Gasteiger charge is 2.16. The normalized spacial score (nSPS) is 10.5. The predicted octanol–water partition coefficient (Wildman–Crippen LogP) is 23.8. The lowest BCUT2D eigenvalue weighted by Crippen LogP contribution is -2.08. The molecule has 24 nitrogen and oxygen atoms in total. The molecule has 4 aromatic heterocycles. The van der Waals surface area contributed by atoms with Crippen LogP contribution >= 0.6 is 0 Å². The Kier molecular flexibility index (Phi) is 27.2. The summed E-state index contributed by atoms with van der Waals surface area (Å²) >= 11 is 0. The molecule has 0 aliphatic carbocycles. The number of nitrogens with one attached hydrogen (secondary N) is 12. The number of hydrogen-bond donors (Lipinski definition) is 12. The molecule has 0 saturated carbocycles. The van der Waals surface area contributed by atoms with Gasteiger partial charge in [-0.2, -0.15) is 59.8 Å². The van der Waals surface area contributed by atoms with Crippen molar-refractivity contribution >= 4 is 140 Å². The van der Waals surface area contributed by atoms with Crippen molar-refractivity contribution in [3.05, 3.63) is 358 Å². The molecule has 24 heteroatoms. The zero-order valence-electron chi connectivity index (χ0n) is 68.2. The van der Waals surface area contributed by atoms with E-state index in [1.54, 1.807) is 0 Å². The van der Waals surface area contributed by atoms with Gasteiger partial charge in [0.2, 0.25) is 71.4 Å². The summed E-state index contributed by atoms with van der Waals surface area (Å²) in [6.07, 6.45) is 0. The lowest BCUT2D eigenvalue weighted by Gasteiger charge is -2.13. The summed E-state index contributed by atoms with van der Waals surface area (Å²) in [4.78, 5) is 54.7. The SMILES string of the molecule is Cc1ccc(Nc2nc(Nc3ccc(C)cc3)nc(Nc3cccc(C)c3)n2)cc1.Cc1ccc(Nc2nc(Nc3ccc(C)cc3)nc(Nc3ccccc3C)n2)cc1.Cc1ccc(Nc2nc(Nc3ccccc3C)nc(Nc3ccccc3C)n2)cc1.Cc1ccccc1Nc1nc(Nc2ccccc2)nc(Nc2ccccc2C)n1. The largest absolute Gasteiger partial charge is 0.324 e. The van der Waals surface area contributed by atoms with Crippen LogP contribution in [0.15, 0.2) is 297 Å². The van der Waals surface area contributed by atoms with E-state index in [0.717, 1.165) is 102 Å². The van der Waals surface area contributed by atoms with Crippen molar-refractivity contribution in [1.82, 2.24) is 59.8 Å². The average molecular weight is 1570 g/mol. The molecule has 594 valence electrons. The molecule has 16 aromatic rings. The topological polar surface area (TPSA) is 299 Å². The van der Waals surface area contributed by atoms with Gasteiger partial charge in [0.15, 0.2) is 0 Å². The van der Waals surface area contributed by atoms with Crippen LogP contribution in [-0.4, -0.2) is 59.8 Å². The molecule has 0 spiro atoms. The zero-order valence-corrected chi connectivity index (χ0v) is 68.2. The zero-order chi connectivity index (χ0) is 82.8. The van der Waals surface area contributed by atoms with Gasteiger partial charge in [-0.3, -0.25) is 0 Å². The van der Waals surface area contributed by atoms with E-state index in [1.165, 1.54) is 27.8 Å². The summed E-state index contributed by atoms with van der Waals surface area (Å²) in [5.41, 5.74) is 23.8. The fraction of sp³-hybridized carbons (Fsp3) is 0.116. The Balaban J connectivity index is 0.000000137. The van der Waals surface area contributed by atoms with Crippen LogP contribution in [0.3, 0.4) is 0 Å². The third-order valence-electron chi connectivity index (χ3n) is 18.3. The molecule has 0 aliphatic heterocycles. The molecule has 12 N–H and O–H groups in total. The van der Waals surface area contributed by atoms with Gasteiger partial charge in [0, 0.05) is 68.2 Å². The maximum absolute atomic E-state index is 4.58. The number of para-hydroxylation sites is 6. The van der Waals surface area contributed by atoms with Gasteiger partial charge in [0.25, 0.3) is 0 Å². The Labute approximate surface area is 694 Å². The van der Waals surface area contributed by atoms with E-state index in [1.807, 2.05) is 339 Å². The van der Waals surface area contributed by atoms with Crippen molar-refractivity contribution < 1.29 is 0 Å². The van der Waals surface area contributed by atoms with Crippen LogP contribution in [0.4, 0.5) is 140 Å². The summed E-state index contributed by atoms with van der Waals surface area (Å²) in [5.74, 6) is 5.52. The number of nitrogens with zero attached hydrogens (tertiary/aromatic N) is 12. The first-order valence-corrected chi connectivity index (χ1v) is 38.8. The van der Waals surface area contributed by atoms with Crippen LogP contribution in [-0.2, 0) is 0 Å². The maximum Gasteiger partial charge on any atom is 0.233 e. The monoisotopic (exact) mass is 1570 g/mol. The van der Waals surface area contributed by atoms with Crippen LogP contribution in [0.5, 0.6) is 0 Å². The van der Waals surface area contributed by atoms with E-state index in [0.29, 0.717) is 71.4 Å². The Morgan fingerprint density at radius 2 is 0.303 bits per heavy atom. The van der Waals surface area contributed by atoms with Crippen LogP contribution in [0.2, 0.25) is 0 Å². The van der Waals surface area contributed by atoms with E-state index in [9.17, 15) is 0 Å². The van der Waals surface area contributed by atoms with E-state index in [2.05, 4.69) is 158 Å². The highest BCUT2D eigenvalue weighted by Crippen LogP contribution is 2.30. The van der Waals surface area contributed by atoms with E-state index in [-0.39, 0.29) is 0 Å². The van der Waals surface area contributed by atoms with Crippen molar-refractivity contribution in [3.63, 3.8) is 0 Å². The maximum atomic E-state index is 4.58. The van der Waals surface area contributed by atoms with Gasteiger partial charge in [-0.05, 0) is 225 Å². The predicted molar refractivity (Wildman–Crippen MR) is 488 cm³/mol. The highest BCUT2D eigenvalue weighted by atomic mass is 15.3. The molecule has 0 unspecified atom stereocenters. The Bertz CT molecular complexity index is 5750. The van der Waals surface area contributed by atoms with Crippen LogP contribution in [0.25, 0.3) is 0 Å². The quantitative estimate of drug-likeness (QED) is 0.0268. The minimum Gasteiger partial charge on any atom is -0.324 e. The minimum absolute atomic E-state index is 0.457. The average Bonchev–Trinajstić information content (AvgIpc) is 0.840. The van der Waals surface area contributed by atoms with Crippen LogP contribution < -0.4 is 63.8 Å². The lowest BCUT2D eigenvalue weighted by atomic mass is 10.2. The van der Waals surface area contributed by atoms with Gasteiger partial charge in [0.05, 0.1) is 0 Å². The molecule has 0 atom stereocenters. The molecule has 16 rings (SSSR count). The summed E-state index contributed by atoms with van der Waals surface area (Å²) < 4.78 is 0. The van der Waals surface area contributed by atoms with E-state index < -0.39 is 0 Å². The first-order chi connectivity index (χ1) is 57.8. The van der Waals surface area contributed by atoms with Crippen molar-refractivity contribution in [2.45, 2.75) is 76.2 Å². The molecule has 0 bridgehead atoms. The summed E-state index contributed by atoms with van der Waals surface area (Å²) in [5, 5.41) is 39.3. The van der Waals surface area contributed by atoms with Gasteiger partial charge < -0.3 is 63.8 Å². The van der Waals surface area contributed by atoms with E-state index >= 15 is 0 Å². The Morgan fingerprint density at radius 1 is 0.134 bits per heavy atom. The Hall–Kier alpha value is -15.7. The third-order valence-corrected chi connectivity index (χ3v) is 18.3. The van der Waals surface area contributed by atoms with Crippen molar-refractivity contribution in [1.29, 1.82) is 0 Å². The van der Waals surface area contributed by atoms with Crippen molar-refractivity contribution in [2.24, 2.45) is 0 Å². The fourth-order valence-corrected chi connectivity index (χ4v) is 11.7. The molecule has 12 aromatic carbocycles. The molecule has 119 heavy (non-hydrogen) atoms. The molecule has 0 saturated heterocycles. The van der Waals surface area contributed by atoms with Gasteiger partial charge in [-0.15, -0.1) is 0 Å². The smallest absolute Gasteiger partial charge is 0.233 e. The van der Waals surface area contributed by atoms with Crippen LogP contribution in [0.1, 0.15) is 61.2 Å². The molecule has 0 aliphatic rings. The number of benzene rings is 12. The van der Waals surface area contributed by atoms with E-state index in [4.69, 9.17) is 0 Å². The van der Waals surface area contributed by atoms with Gasteiger partial charge in [0.1, 0.15) is 0 Å². The second-order valence-corrected chi connectivity index (χ2v) is 28.4. The van der Waals surface area contributed by atoms with Gasteiger partial charge in [-0.1, -0.05) is 210 Å². The first kappa shape index (κ1) is 81.3. The van der Waals surface area contributed by atoms with Gasteiger partial charge >= 0.3 is 0 Å². The molecule has 0 amide bonds. The number of aryl methyl sites for hydroxylation is 11. The van der Waals surface area contributed by atoms with Crippen molar-refractivity contribution in [3.8, 4) is 0 Å². The lowest BCUT2D eigenvalue weighted by molar-refractivity contribution is 1.06. The number of anilines is 24. The Morgan fingerprint density at radius 3 is 0.504 bits per heavy atom. The highest BCUT2D eigenvalue weighted by molar-refractivity contribution is 5.70. The van der Waals surface area contributed by atoms with Gasteiger partial charge in [-0.25, -0.2) is 0 Å². The summed E-state index contributed by atoms with van der Waals surface area (Å²) in [7, 11) is 0. The fourth-order valence-electron chi connectivity index (χ4n) is 11.7. The second-order valence-electron chi connectivity index (χ2n) is 28.4. The molecule has 0 radical (unpaired) electrons. The number of rotatable bonds is 24. The third kappa shape index (κ3) is 24.9. The van der Waals surface area contributed by atoms with Crippen molar-refractivity contribution in [2.75, 3.05) is 63.8 Å². The number of aromatic nitrogens is 12. The first-order valence-electron chi connectivity index (χ1n) is 38.8. The molecule has 4 heterocycles. The molecular weight excluding hydrogens is 1480 g/mol. The van der Waals surface area contributed by atoms with Crippen LogP contribution in [0, 0.1) is 76.2 Å². The molecule has 0 fully saturated rings. The number of hydrogen-bond acceptors (Lipinski definition) is 24. The minimum atomic E-state index is 0.457.